The lowest BCUT2D eigenvalue weighted by Crippen LogP contribution is -2.44. The second-order valence-electron chi connectivity index (χ2n) is 3.84. The standard InChI is InChI=1S/C10H18N6O/c1-17-7-9-13-8(15-11)6-10(14-9)16-4-2-12-3-5-16/h6,12H,2-5,7,11H2,1H3,(H,13,14,15). The summed E-state index contributed by atoms with van der Waals surface area (Å²) in [5.41, 5.74) is 2.56. The van der Waals surface area contributed by atoms with E-state index in [1.165, 1.54) is 0 Å². The SMILES string of the molecule is COCc1nc(NN)cc(N2CCNCC2)n1. The van der Waals surface area contributed by atoms with Gasteiger partial charge in [0.25, 0.3) is 0 Å². The largest absolute Gasteiger partial charge is 0.377 e. The number of aromatic nitrogens is 2. The zero-order valence-corrected chi connectivity index (χ0v) is 9.94. The molecular weight excluding hydrogens is 220 g/mol. The number of methoxy groups -OCH3 is 1. The van der Waals surface area contributed by atoms with Crippen molar-refractivity contribution >= 4 is 11.6 Å². The average Bonchev–Trinajstić information content (AvgIpc) is 2.40. The van der Waals surface area contributed by atoms with Crippen LogP contribution < -0.4 is 21.5 Å². The van der Waals surface area contributed by atoms with E-state index in [1.54, 1.807) is 7.11 Å². The fourth-order valence-electron chi connectivity index (χ4n) is 1.81. The molecule has 0 bridgehead atoms. The van der Waals surface area contributed by atoms with Crippen LogP contribution in [0, 0.1) is 0 Å². The highest BCUT2D eigenvalue weighted by molar-refractivity contribution is 5.49. The van der Waals surface area contributed by atoms with Crippen LogP contribution in [0.4, 0.5) is 11.6 Å². The smallest absolute Gasteiger partial charge is 0.158 e. The van der Waals surface area contributed by atoms with Gasteiger partial charge in [-0.2, -0.15) is 0 Å². The van der Waals surface area contributed by atoms with Crippen molar-refractivity contribution in [2.24, 2.45) is 5.84 Å². The molecule has 4 N–H and O–H groups in total. The molecule has 7 heteroatoms. The number of nitrogen functional groups attached to an aromatic ring is 1. The molecule has 0 amide bonds. The molecule has 2 heterocycles. The lowest BCUT2D eigenvalue weighted by molar-refractivity contribution is 0.178. The molecular formula is C10H18N6O. The molecule has 0 radical (unpaired) electrons. The second kappa shape index (κ2) is 5.76. The number of rotatable bonds is 4. The first-order valence-corrected chi connectivity index (χ1v) is 5.62. The van der Waals surface area contributed by atoms with Crippen LogP contribution in [0.3, 0.4) is 0 Å². The van der Waals surface area contributed by atoms with E-state index in [0.29, 0.717) is 18.2 Å². The highest BCUT2D eigenvalue weighted by Crippen LogP contribution is 2.16. The van der Waals surface area contributed by atoms with Crippen LogP contribution in [-0.2, 0) is 11.3 Å². The summed E-state index contributed by atoms with van der Waals surface area (Å²) in [7, 11) is 1.62. The van der Waals surface area contributed by atoms with Crippen LogP contribution in [-0.4, -0.2) is 43.3 Å². The third kappa shape index (κ3) is 3.02. The molecule has 0 aliphatic carbocycles. The molecule has 1 fully saturated rings. The quantitative estimate of drug-likeness (QED) is 0.473. The van der Waals surface area contributed by atoms with Crippen LogP contribution >= 0.6 is 0 Å². The summed E-state index contributed by atoms with van der Waals surface area (Å²) in [5, 5.41) is 3.30. The molecule has 1 aliphatic heterocycles. The van der Waals surface area contributed by atoms with Gasteiger partial charge in [-0.3, -0.25) is 0 Å². The fraction of sp³-hybridized carbons (Fsp3) is 0.600. The van der Waals surface area contributed by atoms with Crippen molar-refractivity contribution in [3.8, 4) is 0 Å². The molecule has 1 aliphatic rings. The van der Waals surface area contributed by atoms with Gasteiger partial charge in [0.05, 0.1) is 0 Å². The topological polar surface area (TPSA) is 88.3 Å². The molecule has 7 nitrogen and oxygen atoms in total. The molecule has 2 rings (SSSR count). The maximum Gasteiger partial charge on any atom is 0.158 e. The minimum atomic E-state index is 0.384. The summed E-state index contributed by atoms with van der Waals surface area (Å²) < 4.78 is 5.05. The molecule has 1 saturated heterocycles. The Balaban J connectivity index is 2.21. The first-order valence-electron chi connectivity index (χ1n) is 5.62. The van der Waals surface area contributed by atoms with Gasteiger partial charge in [0, 0.05) is 39.4 Å². The Labute approximate surface area is 100 Å². The van der Waals surface area contributed by atoms with Crippen LogP contribution in [0.25, 0.3) is 0 Å². The van der Waals surface area contributed by atoms with E-state index in [2.05, 4.69) is 25.6 Å². The van der Waals surface area contributed by atoms with Gasteiger partial charge >= 0.3 is 0 Å². The van der Waals surface area contributed by atoms with Crippen molar-refractivity contribution in [1.29, 1.82) is 0 Å². The number of hydrazine groups is 1. The van der Waals surface area contributed by atoms with E-state index in [1.807, 2.05) is 6.07 Å². The van der Waals surface area contributed by atoms with Gasteiger partial charge in [-0.1, -0.05) is 0 Å². The number of hydrogen-bond acceptors (Lipinski definition) is 7. The fourth-order valence-corrected chi connectivity index (χ4v) is 1.81. The molecule has 0 saturated carbocycles. The zero-order chi connectivity index (χ0) is 12.1. The Bertz CT molecular complexity index is 366. The van der Waals surface area contributed by atoms with E-state index in [-0.39, 0.29) is 0 Å². The lowest BCUT2D eigenvalue weighted by atomic mass is 10.3. The molecule has 0 spiro atoms. The maximum absolute atomic E-state index is 5.40. The number of hydrogen-bond donors (Lipinski definition) is 3. The lowest BCUT2D eigenvalue weighted by Gasteiger charge is -2.28. The Hall–Kier alpha value is -1.44. The summed E-state index contributed by atoms with van der Waals surface area (Å²) in [6.45, 7) is 4.19. The van der Waals surface area contributed by atoms with Gasteiger partial charge in [-0.25, -0.2) is 15.8 Å². The van der Waals surface area contributed by atoms with E-state index >= 15 is 0 Å². The summed E-state index contributed by atoms with van der Waals surface area (Å²) in [6.07, 6.45) is 0. The Morgan fingerprint density at radius 1 is 1.47 bits per heavy atom. The summed E-state index contributed by atoms with van der Waals surface area (Å²) in [6, 6.07) is 1.85. The number of nitrogens with one attached hydrogen (secondary N) is 2. The van der Waals surface area contributed by atoms with Crippen LogP contribution in [0.15, 0.2) is 6.07 Å². The third-order valence-electron chi connectivity index (χ3n) is 2.62. The van der Waals surface area contributed by atoms with Crippen molar-refractivity contribution in [2.45, 2.75) is 6.61 Å². The Morgan fingerprint density at radius 2 is 2.24 bits per heavy atom. The Kier molecular flexibility index (Phi) is 4.08. The predicted octanol–water partition coefficient (Wildman–Crippen LogP) is -0.682. The molecule has 1 aromatic rings. The summed E-state index contributed by atoms with van der Waals surface area (Å²) in [5.74, 6) is 7.54. The summed E-state index contributed by atoms with van der Waals surface area (Å²) >= 11 is 0. The molecule has 0 unspecified atom stereocenters. The van der Waals surface area contributed by atoms with Crippen LogP contribution in [0.1, 0.15) is 5.82 Å². The highest BCUT2D eigenvalue weighted by atomic mass is 16.5. The molecule has 0 aromatic carbocycles. The first kappa shape index (κ1) is 12.0. The van der Waals surface area contributed by atoms with Crippen molar-refractivity contribution in [2.75, 3.05) is 43.6 Å². The van der Waals surface area contributed by atoms with Gasteiger partial charge in [-0.15, -0.1) is 0 Å². The van der Waals surface area contributed by atoms with E-state index < -0.39 is 0 Å². The van der Waals surface area contributed by atoms with Crippen LogP contribution in [0.5, 0.6) is 0 Å². The van der Waals surface area contributed by atoms with E-state index in [9.17, 15) is 0 Å². The molecule has 94 valence electrons. The van der Waals surface area contributed by atoms with Crippen molar-refractivity contribution in [3.05, 3.63) is 11.9 Å². The van der Waals surface area contributed by atoms with Gasteiger partial charge in [0.15, 0.2) is 5.82 Å². The van der Waals surface area contributed by atoms with Gasteiger partial charge in [0.1, 0.15) is 18.2 Å². The van der Waals surface area contributed by atoms with E-state index in [0.717, 1.165) is 32.0 Å². The normalized spacial score (nSPS) is 16.0. The first-order chi connectivity index (χ1) is 8.33. The van der Waals surface area contributed by atoms with Crippen LogP contribution in [0.2, 0.25) is 0 Å². The average molecular weight is 238 g/mol. The summed E-state index contributed by atoms with van der Waals surface area (Å²) in [4.78, 5) is 10.9. The second-order valence-corrected chi connectivity index (χ2v) is 3.84. The van der Waals surface area contributed by atoms with Gasteiger partial charge in [0.2, 0.25) is 0 Å². The predicted molar refractivity (Wildman–Crippen MR) is 65.6 cm³/mol. The number of anilines is 2. The minimum absolute atomic E-state index is 0.384. The molecule has 17 heavy (non-hydrogen) atoms. The van der Waals surface area contributed by atoms with E-state index in [4.69, 9.17) is 10.6 Å². The minimum Gasteiger partial charge on any atom is -0.377 e. The van der Waals surface area contributed by atoms with Crippen molar-refractivity contribution in [1.82, 2.24) is 15.3 Å². The number of ether oxygens (including phenoxy) is 1. The maximum atomic E-state index is 5.40. The van der Waals surface area contributed by atoms with Crippen molar-refractivity contribution < 1.29 is 4.74 Å². The highest BCUT2D eigenvalue weighted by Gasteiger charge is 2.13. The number of nitrogens with two attached hydrogens (primary N) is 1. The molecule has 0 atom stereocenters. The third-order valence-corrected chi connectivity index (χ3v) is 2.62. The van der Waals surface area contributed by atoms with Gasteiger partial charge in [-0.05, 0) is 0 Å². The van der Waals surface area contributed by atoms with Crippen molar-refractivity contribution in [3.63, 3.8) is 0 Å². The molecule has 1 aromatic heterocycles. The zero-order valence-electron chi connectivity index (χ0n) is 9.94. The Morgan fingerprint density at radius 3 is 2.88 bits per heavy atom. The van der Waals surface area contributed by atoms with Gasteiger partial charge < -0.3 is 20.4 Å². The monoisotopic (exact) mass is 238 g/mol. The number of nitrogens with zero attached hydrogens (tertiary/aromatic N) is 3. The number of piperazine rings is 1.